The molecule has 9 nitrogen and oxygen atoms in total. The normalized spacial score (nSPS) is 17.7. The highest BCUT2D eigenvalue weighted by Gasteiger charge is 2.35. The second-order valence-electron chi connectivity index (χ2n) is 12.7. The molecule has 2 fully saturated rings. The molecule has 1 saturated heterocycles. The van der Waals surface area contributed by atoms with E-state index in [4.69, 9.17) is 9.72 Å². The van der Waals surface area contributed by atoms with Crippen LogP contribution < -0.4 is 0 Å². The largest absolute Gasteiger partial charge is 0.444 e. The number of rotatable bonds is 5. The molecule has 0 bridgehead atoms. The quantitative estimate of drug-likeness (QED) is 0.221. The Balaban J connectivity index is 1.06. The van der Waals surface area contributed by atoms with E-state index in [1.165, 1.54) is 31.1 Å². The van der Waals surface area contributed by atoms with Crippen molar-refractivity contribution in [2.75, 3.05) is 6.54 Å². The number of nitrogens with one attached hydrogen (secondary N) is 2. The van der Waals surface area contributed by atoms with Gasteiger partial charge in [-0.2, -0.15) is 0 Å². The monoisotopic (exact) mass is 575 g/mol. The van der Waals surface area contributed by atoms with Crippen LogP contribution in [0.4, 0.5) is 4.79 Å². The predicted octanol–water partition coefficient (Wildman–Crippen LogP) is 7.81. The molecule has 43 heavy (non-hydrogen) atoms. The first-order valence-corrected chi connectivity index (χ1v) is 15.3. The zero-order valence-corrected chi connectivity index (χ0v) is 24.9. The first-order chi connectivity index (χ1) is 20.8. The van der Waals surface area contributed by atoms with Crippen molar-refractivity contribution in [3.05, 3.63) is 72.8 Å². The lowest BCUT2D eigenvalue weighted by Gasteiger charge is -2.27. The van der Waals surface area contributed by atoms with Gasteiger partial charge in [-0.25, -0.2) is 14.8 Å². The van der Waals surface area contributed by atoms with Gasteiger partial charge in [-0.3, -0.25) is 14.9 Å². The number of amides is 1. The molecule has 1 aliphatic carbocycles. The maximum atomic E-state index is 12.7. The van der Waals surface area contributed by atoms with E-state index in [9.17, 15) is 4.79 Å². The van der Waals surface area contributed by atoms with Crippen LogP contribution in [0, 0.1) is 0 Å². The number of carbonyl (C=O) groups is 1. The second kappa shape index (κ2) is 10.9. The van der Waals surface area contributed by atoms with E-state index < -0.39 is 5.60 Å². The third-order valence-electron chi connectivity index (χ3n) is 8.50. The van der Waals surface area contributed by atoms with Gasteiger partial charge in [-0.05, 0) is 69.4 Å². The molecule has 0 spiro atoms. The van der Waals surface area contributed by atoms with Gasteiger partial charge >= 0.3 is 6.09 Å². The fraction of sp³-hybridized carbons (Fsp3) is 0.382. The maximum Gasteiger partial charge on any atom is 0.410 e. The second-order valence-corrected chi connectivity index (χ2v) is 12.7. The Hall–Kier alpha value is -4.53. The molecule has 1 amide bonds. The summed E-state index contributed by atoms with van der Waals surface area (Å²) in [5.74, 6) is 2.43. The summed E-state index contributed by atoms with van der Waals surface area (Å²) < 4.78 is 5.61. The van der Waals surface area contributed by atoms with Gasteiger partial charge in [-0.15, -0.1) is 0 Å². The van der Waals surface area contributed by atoms with Crippen molar-refractivity contribution in [2.45, 2.75) is 76.9 Å². The van der Waals surface area contributed by atoms with Crippen LogP contribution in [0.15, 0.2) is 61.2 Å². The third-order valence-corrected chi connectivity index (χ3v) is 8.50. The molecular weight excluding hydrogens is 538 g/mol. The van der Waals surface area contributed by atoms with Gasteiger partial charge in [0.2, 0.25) is 0 Å². The number of fused-ring (bicyclic) bond motifs is 1. The highest BCUT2D eigenvalue weighted by molar-refractivity contribution is 5.90. The minimum Gasteiger partial charge on any atom is -0.444 e. The highest BCUT2D eigenvalue weighted by atomic mass is 16.6. The molecule has 3 aromatic heterocycles. The van der Waals surface area contributed by atoms with E-state index in [2.05, 4.69) is 61.3 Å². The minimum absolute atomic E-state index is 0.142. The Morgan fingerprint density at radius 1 is 0.767 bits per heavy atom. The van der Waals surface area contributed by atoms with Crippen molar-refractivity contribution < 1.29 is 9.53 Å². The van der Waals surface area contributed by atoms with Crippen LogP contribution in [-0.4, -0.2) is 53.0 Å². The Morgan fingerprint density at radius 2 is 1.42 bits per heavy atom. The van der Waals surface area contributed by atoms with Gasteiger partial charge in [-0.1, -0.05) is 37.1 Å². The number of aromatic amines is 2. The number of imidazole rings is 2. The van der Waals surface area contributed by atoms with Crippen molar-refractivity contribution in [3.63, 3.8) is 0 Å². The van der Waals surface area contributed by atoms with Gasteiger partial charge in [0.25, 0.3) is 0 Å². The lowest BCUT2D eigenvalue weighted by molar-refractivity contribution is 0.0218. The average molecular weight is 576 g/mol. The Morgan fingerprint density at radius 3 is 2.16 bits per heavy atom. The Labute approximate surface area is 251 Å². The molecule has 7 rings (SSSR count). The molecule has 9 heteroatoms. The summed E-state index contributed by atoms with van der Waals surface area (Å²) in [5, 5.41) is 2.31. The molecule has 5 aromatic rings. The average Bonchev–Trinajstić information content (AvgIpc) is 3.82. The van der Waals surface area contributed by atoms with Gasteiger partial charge in [0.15, 0.2) is 0 Å². The van der Waals surface area contributed by atoms with Gasteiger partial charge in [0.05, 0.1) is 47.9 Å². The lowest BCUT2D eigenvalue weighted by atomic mass is 10.0. The molecule has 1 unspecified atom stereocenters. The number of H-pyrrole nitrogens is 2. The van der Waals surface area contributed by atoms with Crippen molar-refractivity contribution in [3.8, 4) is 33.9 Å². The summed E-state index contributed by atoms with van der Waals surface area (Å²) in [7, 11) is 0. The number of hydrogen-bond acceptors (Lipinski definition) is 6. The molecule has 1 atom stereocenters. The van der Waals surface area contributed by atoms with Crippen LogP contribution in [-0.2, 0) is 4.74 Å². The number of ether oxygens (including phenoxy) is 1. The van der Waals surface area contributed by atoms with Crippen LogP contribution in [0.2, 0.25) is 0 Å². The van der Waals surface area contributed by atoms with E-state index in [-0.39, 0.29) is 12.1 Å². The smallest absolute Gasteiger partial charge is 0.410 e. The molecule has 1 aliphatic heterocycles. The van der Waals surface area contributed by atoms with Gasteiger partial charge in [0, 0.05) is 23.6 Å². The van der Waals surface area contributed by atoms with E-state index in [1.54, 1.807) is 23.5 Å². The molecule has 1 saturated carbocycles. The van der Waals surface area contributed by atoms with E-state index >= 15 is 0 Å². The number of likely N-dealkylation sites (tertiary alicyclic amines) is 1. The zero-order valence-electron chi connectivity index (χ0n) is 24.9. The van der Waals surface area contributed by atoms with Crippen molar-refractivity contribution >= 4 is 16.9 Å². The Kier molecular flexibility index (Phi) is 6.95. The molecule has 2 aliphatic rings. The first kappa shape index (κ1) is 27.3. The summed E-state index contributed by atoms with van der Waals surface area (Å²) in [6.07, 6.45) is 13.8. The number of benzene rings is 2. The van der Waals surface area contributed by atoms with Gasteiger partial charge < -0.3 is 14.7 Å². The molecule has 2 N–H and O–H groups in total. The SMILES string of the molecule is CC(C)(C)OC(=O)N1CCCC1c1ncc(-c2cnc(-c3ccc4cc(-c5cnc(C6CCCC6)[nH]5)ccc4c3)cn2)[nH]1. The van der Waals surface area contributed by atoms with Crippen LogP contribution in [0.1, 0.15) is 82.9 Å². The van der Waals surface area contributed by atoms with E-state index in [1.807, 2.05) is 27.0 Å². The molecule has 220 valence electrons. The minimum atomic E-state index is -0.539. The number of hydrogen-bond donors (Lipinski definition) is 2. The number of aromatic nitrogens is 6. The van der Waals surface area contributed by atoms with Crippen LogP contribution >= 0.6 is 0 Å². The number of carbonyl (C=O) groups excluding carboxylic acids is 1. The van der Waals surface area contributed by atoms with Crippen LogP contribution in [0.3, 0.4) is 0 Å². The standard InChI is InChI=1S/C34H37N7O2/c1-34(2,3)43-33(42)41-14-6-9-30(41)32-38-20-29(40-32)28-19-35-26(17-36-28)24-12-10-23-16-25(13-11-22(23)15-24)27-18-37-31(39-27)21-7-4-5-8-21/h10-13,15-21,30H,4-9,14H2,1-3H3,(H,37,39)(H,38,40). The molecular formula is C34H37N7O2. The first-order valence-electron chi connectivity index (χ1n) is 15.3. The summed E-state index contributed by atoms with van der Waals surface area (Å²) >= 11 is 0. The van der Waals surface area contributed by atoms with Crippen LogP contribution in [0.25, 0.3) is 44.7 Å². The fourth-order valence-electron chi connectivity index (χ4n) is 6.31. The topological polar surface area (TPSA) is 113 Å². The third kappa shape index (κ3) is 5.63. The summed E-state index contributed by atoms with van der Waals surface area (Å²) in [4.78, 5) is 40.1. The predicted molar refractivity (Wildman–Crippen MR) is 166 cm³/mol. The van der Waals surface area contributed by atoms with Crippen molar-refractivity contribution in [1.82, 2.24) is 34.8 Å². The fourth-order valence-corrected chi connectivity index (χ4v) is 6.31. The Bertz CT molecular complexity index is 1760. The number of nitrogens with zero attached hydrogens (tertiary/aromatic N) is 5. The molecule has 2 aromatic carbocycles. The highest BCUT2D eigenvalue weighted by Crippen LogP contribution is 2.35. The van der Waals surface area contributed by atoms with Gasteiger partial charge in [0.1, 0.15) is 22.9 Å². The van der Waals surface area contributed by atoms with E-state index in [0.29, 0.717) is 18.2 Å². The lowest BCUT2D eigenvalue weighted by Crippen LogP contribution is -2.36. The van der Waals surface area contributed by atoms with Crippen molar-refractivity contribution in [2.24, 2.45) is 0 Å². The summed E-state index contributed by atoms with van der Waals surface area (Å²) in [6.45, 7) is 6.29. The summed E-state index contributed by atoms with van der Waals surface area (Å²) in [5.41, 5.74) is 4.96. The molecule has 4 heterocycles. The zero-order chi connectivity index (χ0) is 29.6. The van der Waals surface area contributed by atoms with Crippen LogP contribution in [0.5, 0.6) is 0 Å². The summed E-state index contributed by atoms with van der Waals surface area (Å²) in [6, 6.07) is 12.8. The maximum absolute atomic E-state index is 12.7. The van der Waals surface area contributed by atoms with Crippen molar-refractivity contribution in [1.29, 1.82) is 0 Å². The van der Waals surface area contributed by atoms with E-state index in [0.717, 1.165) is 58.1 Å². The molecule has 0 radical (unpaired) electrons.